The summed E-state index contributed by atoms with van der Waals surface area (Å²) in [7, 11) is 0. The van der Waals surface area contributed by atoms with Crippen molar-refractivity contribution >= 4 is 49.8 Å². The highest BCUT2D eigenvalue weighted by Crippen LogP contribution is 2.34. The highest BCUT2D eigenvalue weighted by molar-refractivity contribution is 7.21. The molecule has 2 aromatic heterocycles. The number of anilines is 1. The third-order valence-corrected chi connectivity index (χ3v) is 7.15. The summed E-state index contributed by atoms with van der Waals surface area (Å²) < 4.78 is 6.13. The van der Waals surface area contributed by atoms with Gasteiger partial charge >= 0.3 is 5.97 Å². The van der Waals surface area contributed by atoms with Crippen molar-refractivity contribution in [3.8, 4) is 0 Å². The molecule has 0 aliphatic rings. The van der Waals surface area contributed by atoms with E-state index in [4.69, 9.17) is 4.74 Å². The average Bonchev–Trinajstić information content (AvgIpc) is 3.30. The van der Waals surface area contributed by atoms with Crippen LogP contribution in [0, 0.1) is 13.8 Å². The summed E-state index contributed by atoms with van der Waals surface area (Å²) in [4.78, 5) is 30.7. The third kappa shape index (κ3) is 4.52. The molecule has 7 heteroatoms. The second kappa shape index (κ2) is 8.99. The minimum Gasteiger partial charge on any atom is -0.462 e. The predicted octanol–water partition coefficient (Wildman–Crippen LogP) is 5.99. The summed E-state index contributed by atoms with van der Waals surface area (Å²) in [6.07, 6.45) is 0.665. The van der Waals surface area contributed by atoms with Gasteiger partial charge in [0.2, 0.25) is 0 Å². The minimum absolute atomic E-state index is 0.215. The lowest BCUT2D eigenvalue weighted by Crippen LogP contribution is -2.12. The number of carbonyl (C=O) groups is 2. The molecule has 4 aromatic rings. The number of aryl methyl sites for hydroxylation is 2. The molecule has 158 valence electrons. The van der Waals surface area contributed by atoms with Crippen molar-refractivity contribution in [3.63, 3.8) is 0 Å². The van der Waals surface area contributed by atoms with Gasteiger partial charge in [-0.2, -0.15) is 0 Å². The number of rotatable bonds is 6. The summed E-state index contributed by atoms with van der Waals surface area (Å²) in [5, 5.41) is 4.36. The maximum atomic E-state index is 13.2. The van der Waals surface area contributed by atoms with Crippen LogP contribution in [-0.2, 0) is 11.2 Å². The Balaban J connectivity index is 1.66. The monoisotopic (exact) mass is 450 g/mol. The molecule has 31 heavy (non-hydrogen) atoms. The molecule has 0 radical (unpaired) electrons. The van der Waals surface area contributed by atoms with Gasteiger partial charge in [0.15, 0.2) is 5.13 Å². The highest BCUT2D eigenvalue weighted by Gasteiger charge is 2.22. The van der Waals surface area contributed by atoms with E-state index in [1.54, 1.807) is 13.8 Å². The number of nitrogens with zero attached hydrogens (tertiary/aromatic N) is 1. The molecule has 4 rings (SSSR count). The number of benzene rings is 2. The van der Waals surface area contributed by atoms with Gasteiger partial charge in [0.05, 0.1) is 17.2 Å². The molecule has 0 atom stereocenters. The molecular weight excluding hydrogens is 428 g/mol. The number of fused-ring (bicyclic) bond motifs is 1. The molecule has 1 N–H and O–H groups in total. The second-order valence-corrected chi connectivity index (χ2v) is 9.23. The Labute approximate surface area is 188 Å². The first-order valence-corrected chi connectivity index (χ1v) is 11.6. The zero-order chi connectivity index (χ0) is 22.0. The molecule has 0 unspecified atom stereocenters. The molecule has 0 aliphatic carbocycles. The van der Waals surface area contributed by atoms with Crippen molar-refractivity contribution in [2.45, 2.75) is 27.2 Å². The number of hydrogen-bond donors (Lipinski definition) is 1. The van der Waals surface area contributed by atoms with Gasteiger partial charge in [0, 0.05) is 4.70 Å². The van der Waals surface area contributed by atoms with Gasteiger partial charge in [-0.05, 0) is 49.8 Å². The Morgan fingerprint density at radius 1 is 1.00 bits per heavy atom. The zero-order valence-electron chi connectivity index (χ0n) is 17.5. The van der Waals surface area contributed by atoms with Crippen LogP contribution in [0.1, 0.15) is 48.7 Å². The van der Waals surface area contributed by atoms with E-state index in [-0.39, 0.29) is 5.91 Å². The van der Waals surface area contributed by atoms with E-state index >= 15 is 0 Å². The van der Waals surface area contributed by atoms with Gasteiger partial charge in [0.1, 0.15) is 4.88 Å². The van der Waals surface area contributed by atoms with E-state index in [1.807, 2.05) is 18.2 Å². The van der Waals surface area contributed by atoms with Crippen LogP contribution in [0.3, 0.4) is 0 Å². The van der Waals surface area contributed by atoms with Gasteiger partial charge in [0.25, 0.3) is 5.91 Å². The van der Waals surface area contributed by atoms with Crippen molar-refractivity contribution in [2.24, 2.45) is 0 Å². The molecule has 0 bridgehead atoms. The average molecular weight is 451 g/mol. The summed E-state index contributed by atoms with van der Waals surface area (Å²) in [6, 6.07) is 16.4. The van der Waals surface area contributed by atoms with E-state index in [0.717, 1.165) is 32.5 Å². The molecule has 2 aromatic carbocycles. The molecular formula is C24H22N2O3S2. The number of aromatic nitrogens is 1. The van der Waals surface area contributed by atoms with E-state index in [1.165, 1.54) is 16.9 Å². The molecule has 1 amide bonds. The number of thiophene rings is 1. The van der Waals surface area contributed by atoms with E-state index in [9.17, 15) is 9.59 Å². The first-order valence-electron chi connectivity index (χ1n) is 9.98. The van der Waals surface area contributed by atoms with E-state index in [0.29, 0.717) is 33.6 Å². The molecule has 0 saturated carbocycles. The standard InChI is InChI=1S/C24H22N2O3S2/c1-4-29-23(28)20-15(3)25-24(31-20)26-22(27)21-18(13-16-11-9-14(2)10-12-16)17-7-5-6-8-19(17)30-21/h5-12H,4,13H2,1-3H3,(H,25,26,27). The van der Waals surface area contributed by atoms with Crippen LogP contribution in [0.2, 0.25) is 0 Å². The topological polar surface area (TPSA) is 68.3 Å². The van der Waals surface area contributed by atoms with Crippen molar-refractivity contribution in [2.75, 3.05) is 11.9 Å². The predicted molar refractivity (Wildman–Crippen MR) is 127 cm³/mol. The van der Waals surface area contributed by atoms with Crippen LogP contribution in [0.5, 0.6) is 0 Å². The first kappa shape index (κ1) is 21.2. The maximum absolute atomic E-state index is 13.2. The van der Waals surface area contributed by atoms with Crippen LogP contribution >= 0.6 is 22.7 Å². The Kier molecular flexibility index (Phi) is 6.15. The normalized spacial score (nSPS) is 10.9. The van der Waals surface area contributed by atoms with Crippen LogP contribution in [-0.4, -0.2) is 23.5 Å². The molecule has 2 heterocycles. The summed E-state index contributed by atoms with van der Waals surface area (Å²) in [5.41, 5.74) is 3.90. The van der Waals surface area contributed by atoms with Gasteiger partial charge in [-0.3, -0.25) is 10.1 Å². The molecule has 0 aliphatic heterocycles. The zero-order valence-corrected chi connectivity index (χ0v) is 19.2. The SMILES string of the molecule is CCOC(=O)c1sc(NC(=O)c2sc3ccccc3c2Cc2ccc(C)cc2)nc1C. The number of thiazole rings is 1. The molecule has 0 saturated heterocycles. The van der Waals surface area contributed by atoms with Gasteiger partial charge < -0.3 is 4.74 Å². The Morgan fingerprint density at radius 3 is 2.48 bits per heavy atom. The lowest BCUT2D eigenvalue weighted by molar-refractivity contribution is 0.0531. The fourth-order valence-corrected chi connectivity index (χ4v) is 5.33. The smallest absolute Gasteiger partial charge is 0.350 e. The Bertz CT molecular complexity index is 1260. The van der Waals surface area contributed by atoms with Gasteiger partial charge in [-0.25, -0.2) is 9.78 Å². The second-order valence-electron chi connectivity index (χ2n) is 7.18. The number of ether oxygens (including phenoxy) is 1. The highest BCUT2D eigenvalue weighted by atomic mass is 32.1. The summed E-state index contributed by atoms with van der Waals surface area (Å²) >= 11 is 2.61. The summed E-state index contributed by atoms with van der Waals surface area (Å²) in [6.45, 7) is 5.85. The molecule has 0 spiro atoms. The van der Waals surface area contributed by atoms with Crippen LogP contribution in [0.25, 0.3) is 10.1 Å². The van der Waals surface area contributed by atoms with Crippen molar-refractivity contribution in [1.29, 1.82) is 0 Å². The number of esters is 1. The number of nitrogens with one attached hydrogen (secondary N) is 1. The van der Waals surface area contributed by atoms with Crippen molar-refractivity contribution < 1.29 is 14.3 Å². The largest absolute Gasteiger partial charge is 0.462 e. The Morgan fingerprint density at radius 2 is 1.74 bits per heavy atom. The van der Waals surface area contributed by atoms with E-state index in [2.05, 4.69) is 47.6 Å². The van der Waals surface area contributed by atoms with Gasteiger partial charge in [-0.15, -0.1) is 11.3 Å². The fourth-order valence-electron chi connectivity index (χ4n) is 3.36. The Hall–Kier alpha value is -3.03. The lowest BCUT2D eigenvalue weighted by Gasteiger charge is -2.06. The first-order chi connectivity index (χ1) is 15.0. The van der Waals surface area contributed by atoms with Crippen LogP contribution in [0.15, 0.2) is 48.5 Å². The van der Waals surface area contributed by atoms with Crippen LogP contribution < -0.4 is 5.32 Å². The number of hydrogen-bond acceptors (Lipinski definition) is 6. The maximum Gasteiger partial charge on any atom is 0.350 e. The minimum atomic E-state index is -0.417. The number of carbonyl (C=O) groups excluding carboxylic acids is 2. The quantitative estimate of drug-likeness (QED) is 0.366. The fraction of sp³-hybridized carbons (Fsp3) is 0.208. The third-order valence-electron chi connectivity index (χ3n) is 4.88. The molecule has 0 fully saturated rings. The van der Waals surface area contributed by atoms with Crippen molar-refractivity contribution in [3.05, 3.63) is 80.7 Å². The number of amides is 1. The summed E-state index contributed by atoms with van der Waals surface area (Å²) in [5.74, 6) is -0.632. The van der Waals surface area contributed by atoms with E-state index < -0.39 is 5.97 Å². The van der Waals surface area contributed by atoms with Gasteiger partial charge in [-0.1, -0.05) is 59.4 Å². The van der Waals surface area contributed by atoms with Crippen LogP contribution in [0.4, 0.5) is 5.13 Å². The van der Waals surface area contributed by atoms with Crippen molar-refractivity contribution in [1.82, 2.24) is 4.98 Å². The lowest BCUT2D eigenvalue weighted by atomic mass is 10.0. The molecule has 5 nitrogen and oxygen atoms in total.